The van der Waals surface area contributed by atoms with Crippen LogP contribution < -0.4 is 9.64 Å². The van der Waals surface area contributed by atoms with Crippen LogP contribution in [0.15, 0.2) is 48.5 Å². The Balaban J connectivity index is 1.68. The Hall–Kier alpha value is -2.29. The maximum absolute atomic E-state index is 12.6. The first-order valence-corrected chi connectivity index (χ1v) is 7.79. The van der Waals surface area contributed by atoms with Gasteiger partial charge in [0.15, 0.2) is 0 Å². The molecule has 0 N–H and O–H groups in total. The molecule has 0 radical (unpaired) electrons. The molecule has 0 aliphatic carbocycles. The number of benzene rings is 2. The lowest BCUT2D eigenvalue weighted by atomic mass is 10.0. The van der Waals surface area contributed by atoms with Crippen molar-refractivity contribution in [1.29, 1.82) is 0 Å². The van der Waals surface area contributed by atoms with E-state index in [1.807, 2.05) is 41.3 Å². The number of rotatable bonds is 4. The zero-order chi connectivity index (χ0) is 15.4. The van der Waals surface area contributed by atoms with Crippen molar-refractivity contribution in [2.75, 3.05) is 18.6 Å². The molecule has 114 valence electrons. The zero-order valence-electron chi connectivity index (χ0n) is 12.9. The van der Waals surface area contributed by atoms with E-state index in [1.165, 1.54) is 5.56 Å². The second-order valence-electron chi connectivity index (χ2n) is 5.63. The van der Waals surface area contributed by atoms with Gasteiger partial charge in [0.1, 0.15) is 5.75 Å². The Bertz CT molecular complexity index is 666. The summed E-state index contributed by atoms with van der Waals surface area (Å²) in [6.07, 6.45) is 3.38. The predicted molar refractivity (Wildman–Crippen MR) is 88.4 cm³/mol. The second kappa shape index (κ2) is 6.65. The van der Waals surface area contributed by atoms with Crippen LogP contribution in [0.5, 0.6) is 5.75 Å². The highest BCUT2D eigenvalue weighted by Crippen LogP contribution is 2.27. The van der Waals surface area contributed by atoms with Gasteiger partial charge in [0.2, 0.25) is 5.91 Å². The number of nitrogens with zero attached hydrogens (tertiary/aromatic N) is 1. The molecule has 2 aromatic rings. The summed E-state index contributed by atoms with van der Waals surface area (Å²) < 4.78 is 5.23. The Morgan fingerprint density at radius 2 is 2.05 bits per heavy atom. The van der Waals surface area contributed by atoms with Crippen molar-refractivity contribution in [3.63, 3.8) is 0 Å². The molecule has 0 atom stereocenters. The second-order valence-corrected chi connectivity index (χ2v) is 5.63. The topological polar surface area (TPSA) is 29.5 Å². The summed E-state index contributed by atoms with van der Waals surface area (Å²) in [5.74, 6) is 1.04. The van der Waals surface area contributed by atoms with Crippen LogP contribution in [0.1, 0.15) is 24.0 Å². The summed E-state index contributed by atoms with van der Waals surface area (Å²) >= 11 is 0. The molecule has 0 bridgehead atoms. The van der Waals surface area contributed by atoms with Gasteiger partial charge in [-0.05, 0) is 48.6 Å². The maximum Gasteiger partial charge on any atom is 0.227 e. The summed E-state index contributed by atoms with van der Waals surface area (Å²) in [5.41, 5.74) is 3.51. The first-order chi connectivity index (χ1) is 10.8. The van der Waals surface area contributed by atoms with E-state index in [2.05, 4.69) is 12.1 Å². The maximum atomic E-state index is 12.6. The minimum Gasteiger partial charge on any atom is -0.497 e. The molecule has 22 heavy (non-hydrogen) atoms. The minimum atomic E-state index is 0.204. The Labute approximate surface area is 131 Å². The van der Waals surface area contributed by atoms with Gasteiger partial charge in [-0.15, -0.1) is 0 Å². The number of methoxy groups -OCH3 is 1. The summed E-state index contributed by atoms with van der Waals surface area (Å²) in [6, 6.07) is 16.2. The monoisotopic (exact) mass is 295 g/mol. The van der Waals surface area contributed by atoms with Gasteiger partial charge in [-0.3, -0.25) is 4.79 Å². The van der Waals surface area contributed by atoms with E-state index in [0.717, 1.165) is 42.8 Å². The van der Waals surface area contributed by atoms with E-state index in [1.54, 1.807) is 7.11 Å². The highest BCUT2D eigenvalue weighted by molar-refractivity contribution is 5.94. The number of hydrogen-bond donors (Lipinski definition) is 0. The molecule has 2 aromatic carbocycles. The van der Waals surface area contributed by atoms with Gasteiger partial charge in [-0.25, -0.2) is 0 Å². The lowest BCUT2D eigenvalue weighted by molar-refractivity contribution is -0.118. The third-order valence-electron chi connectivity index (χ3n) is 4.17. The average molecular weight is 295 g/mol. The fraction of sp³-hybridized carbons (Fsp3) is 0.316. The molecule has 0 aromatic heterocycles. The molecule has 3 nitrogen and oxygen atoms in total. The number of para-hydroxylation sites is 1. The van der Waals surface area contributed by atoms with Crippen LogP contribution in [0, 0.1) is 0 Å². The molecule has 0 fully saturated rings. The summed E-state index contributed by atoms with van der Waals surface area (Å²) in [5, 5.41) is 0. The number of carbonyl (C=O) groups is 1. The third-order valence-corrected chi connectivity index (χ3v) is 4.17. The van der Waals surface area contributed by atoms with Crippen molar-refractivity contribution in [2.24, 2.45) is 0 Å². The standard InChI is InChI=1S/C19H21NO2/c1-22-17-9-4-6-15(14-17)11-12-19(21)20-13-5-8-16-7-2-3-10-18(16)20/h2-4,6-7,9-10,14H,5,8,11-13H2,1H3. The molecule has 1 aliphatic heterocycles. The van der Waals surface area contributed by atoms with Crippen molar-refractivity contribution < 1.29 is 9.53 Å². The molecular formula is C19H21NO2. The number of carbonyl (C=O) groups excluding carboxylic acids is 1. The minimum absolute atomic E-state index is 0.204. The van der Waals surface area contributed by atoms with Crippen LogP contribution >= 0.6 is 0 Å². The Morgan fingerprint density at radius 1 is 1.18 bits per heavy atom. The van der Waals surface area contributed by atoms with Gasteiger partial charge in [0.05, 0.1) is 7.11 Å². The molecule has 1 aliphatic rings. The van der Waals surface area contributed by atoms with Crippen molar-refractivity contribution in [3.05, 3.63) is 59.7 Å². The van der Waals surface area contributed by atoms with Gasteiger partial charge < -0.3 is 9.64 Å². The lowest BCUT2D eigenvalue weighted by Gasteiger charge is -2.29. The number of amides is 1. The SMILES string of the molecule is COc1cccc(CCC(=O)N2CCCc3ccccc32)c1. The highest BCUT2D eigenvalue weighted by atomic mass is 16.5. The van der Waals surface area contributed by atoms with Crippen molar-refractivity contribution in [1.82, 2.24) is 0 Å². The fourth-order valence-electron chi connectivity index (χ4n) is 3.01. The molecular weight excluding hydrogens is 274 g/mol. The van der Waals surface area contributed by atoms with Gasteiger partial charge in [-0.2, -0.15) is 0 Å². The van der Waals surface area contributed by atoms with E-state index in [0.29, 0.717) is 6.42 Å². The van der Waals surface area contributed by atoms with Gasteiger partial charge in [0, 0.05) is 18.7 Å². The molecule has 1 amide bonds. The van der Waals surface area contributed by atoms with Gasteiger partial charge in [-0.1, -0.05) is 30.3 Å². The van der Waals surface area contributed by atoms with E-state index in [4.69, 9.17) is 4.74 Å². The summed E-state index contributed by atoms with van der Waals surface area (Å²) in [4.78, 5) is 14.5. The average Bonchev–Trinajstić information content (AvgIpc) is 2.59. The first-order valence-electron chi connectivity index (χ1n) is 7.79. The third kappa shape index (κ3) is 3.14. The van der Waals surface area contributed by atoms with E-state index in [9.17, 15) is 4.79 Å². The smallest absolute Gasteiger partial charge is 0.227 e. The van der Waals surface area contributed by atoms with E-state index < -0.39 is 0 Å². The van der Waals surface area contributed by atoms with Crippen LogP contribution in [-0.4, -0.2) is 19.6 Å². The number of anilines is 1. The molecule has 0 spiro atoms. The van der Waals surface area contributed by atoms with E-state index >= 15 is 0 Å². The Morgan fingerprint density at radius 3 is 2.91 bits per heavy atom. The number of aryl methyl sites for hydroxylation is 2. The quantitative estimate of drug-likeness (QED) is 0.862. The molecule has 0 saturated heterocycles. The van der Waals surface area contributed by atoms with Gasteiger partial charge in [0.25, 0.3) is 0 Å². The van der Waals surface area contributed by atoms with Crippen molar-refractivity contribution in [2.45, 2.75) is 25.7 Å². The Kier molecular flexibility index (Phi) is 4.42. The molecule has 0 unspecified atom stereocenters. The van der Waals surface area contributed by atoms with E-state index in [-0.39, 0.29) is 5.91 Å². The molecule has 1 heterocycles. The summed E-state index contributed by atoms with van der Waals surface area (Å²) in [7, 11) is 1.66. The largest absolute Gasteiger partial charge is 0.497 e. The molecule has 3 heteroatoms. The van der Waals surface area contributed by atoms with Crippen LogP contribution in [0.2, 0.25) is 0 Å². The molecule has 3 rings (SSSR count). The van der Waals surface area contributed by atoms with Crippen molar-refractivity contribution >= 4 is 11.6 Å². The number of fused-ring (bicyclic) bond motifs is 1. The summed E-state index contributed by atoms with van der Waals surface area (Å²) in [6.45, 7) is 0.827. The number of hydrogen-bond acceptors (Lipinski definition) is 2. The lowest BCUT2D eigenvalue weighted by Crippen LogP contribution is -2.35. The normalized spacial score (nSPS) is 13.6. The highest BCUT2D eigenvalue weighted by Gasteiger charge is 2.21. The van der Waals surface area contributed by atoms with Crippen LogP contribution in [0.3, 0.4) is 0 Å². The predicted octanol–water partition coefficient (Wildman–Crippen LogP) is 3.61. The van der Waals surface area contributed by atoms with Crippen LogP contribution in [0.4, 0.5) is 5.69 Å². The fourth-order valence-corrected chi connectivity index (χ4v) is 3.01. The molecule has 0 saturated carbocycles. The van der Waals surface area contributed by atoms with Gasteiger partial charge >= 0.3 is 0 Å². The zero-order valence-corrected chi connectivity index (χ0v) is 12.9. The van der Waals surface area contributed by atoms with Crippen LogP contribution in [-0.2, 0) is 17.6 Å². The van der Waals surface area contributed by atoms with Crippen molar-refractivity contribution in [3.8, 4) is 5.75 Å². The first kappa shape index (κ1) is 14.6. The number of ether oxygens (including phenoxy) is 1. The van der Waals surface area contributed by atoms with Crippen LogP contribution in [0.25, 0.3) is 0 Å².